The quantitative estimate of drug-likeness (QED) is 0.789. The molecule has 0 aliphatic carbocycles. The first kappa shape index (κ1) is 16.7. The third kappa shape index (κ3) is 4.95. The van der Waals surface area contributed by atoms with Crippen molar-refractivity contribution < 1.29 is 9.18 Å². The predicted octanol–water partition coefficient (Wildman–Crippen LogP) is 5.13. The number of anilines is 1. The maximum atomic E-state index is 12.8. The van der Waals surface area contributed by atoms with E-state index in [0.717, 1.165) is 23.2 Å². The van der Waals surface area contributed by atoms with Crippen molar-refractivity contribution in [2.24, 2.45) is 0 Å². The van der Waals surface area contributed by atoms with Gasteiger partial charge in [-0.25, -0.2) is 9.18 Å². The lowest BCUT2D eigenvalue weighted by Gasteiger charge is -2.15. The smallest absolute Gasteiger partial charge is 0.314 e. The van der Waals surface area contributed by atoms with Gasteiger partial charge in [0.1, 0.15) is 5.82 Å². The average molecular weight is 312 g/mol. The van der Waals surface area contributed by atoms with Gasteiger partial charge in [-0.05, 0) is 47.7 Å². The monoisotopic (exact) mass is 312 g/mol. The van der Waals surface area contributed by atoms with Crippen molar-refractivity contribution >= 4 is 17.8 Å². The van der Waals surface area contributed by atoms with Crippen LogP contribution in [0.25, 0.3) is 6.08 Å². The van der Waals surface area contributed by atoms with E-state index in [-0.39, 0.29) is 11.8 Å². The number of para-hydroxylation sites is 1. The summed E-state index contributed by atoms with van der Waals surface area (Å²) in [5, 5.41) is 5.51. The van der Waals surface area contributed by atoms with Crippen LogP contribution >= 0.6 is 0 Å². The summed E-state index contributed by atoms with van der Waals surface area (Å²) >= 11 is 0. The van der Waals surface area contributed by atoms with Crippen molar-refractivity contribution in [2.45, 2.75) is 26.2 Å². The highest BCUT2D eigenvalue weighted by Crippen LogP contribution is 2.26. The molecule has 0 aliphatic rings. The van der Waals surface area contributed by atoms with Gasteiger partial charge in [0.25, 0.3) is 0 Å². The molecule has 0 saturated carbocycles. The van der Waals surface area contributed by atoms with E-state index >= 15 is 0 Å². The van der Waals surface area contributed by atoms with Crippen LogP contribution in [-0.2, 0) is 0 Å². The van der Waals surface area contributed by atoms with E-state index in [0.29, 0.717) is 5.92 Å². The molecular formula is C19H21FN2O. The van der Waals surface area contributed by atoms with Crippen LogP contribution in [0.15, 0.2) is 54.7 Å². The number of carbonyl (C=O) groups excluding carboxylic acids is 1. The lowest BCUT2D eigenvalue weighted by atomic mass is 9.97. The van der Waals surface area contributed by atoms with Crippen molar-refractivity contribution in [3.05, 3.63) is 71.7 Å². The summed E-state index contributed by atoms with van der Waals surface area (Å²) < 4.78 is 12.8. The topological polar surface area (TPSA) is 41.1 Å². The Labute approximate surface area is 136 Å². The molecular weight excluding hydrogens is 291 g/mol. The van der Waals surface area contributed by atoms with Gasteiger partial charge in [0.05, 0.1) is 0 Å². The van der Waals surface area contributed by atoms with Crippen LogP contribution in [0.4, 0.5) is 14.9 Å². The molecule has 0 saturated heterocycles. The number of carbonyl (C=O) groups is 1. The Kier molecular flexibility index (Phi) is 5.92. The molecule has 0 heterocycles. The number of hydrogen-bond acceptors (Lipinski definition) is 1. The highest BCUT2D eigenvalue weighted by atomic mass is 19.1. The van der Waals surface area contributed by atoms with Crippen LogP contribution in [0.1, 0.15) is 37.3 Å². The Morgan fingerprint density at radius 1 is 1.17 bits per heavy atom. The van der Waals surface area contributed by atoms with Gasteiger partial charge in [-0.1, -0.05) is 44.2 Å². The molecule has 0 aliphatic heterocycles. The minimum atomic E-state index is -0.306. The molecule has 0 aromatic heterocycles. The Morgan fingerprint density at radius 3 is 2.57 bits per heavy atom. The maximum absolute atomic E-state index is 12.8. The minimum Gasteiger partial charge on any atom is -0.314 e. The Hall–Kier alpha value is -2.62. The van der Waals surface area contributed by atoms with Crippen molar-refractivity contribution in [1.29, 1.82) is 0 Å². The second-order valence-corrected chi connectivity index (χ2v) is 5.38. The lowest BCUT2D eigenvalue weighted by molar-refractivity contribution is 0.255. The van der Waals surface area contributed by atoms with E-state index in [2.05, 4.69) is 24.5 Å². The van der Waals surface area contributed by atoms with Crippen LogP contribution < -0.4 is 10.6 Å². The van der Waals surface area contributed by atoms with Gasteiger partial charge in [-0.15, -0.1) is 0 Å². The van der Waals surface area contributed by atoms with E-state index in [9.17, 15) is 9.18 Å². The van der Waals surface area contributed by atoms with Crippen molar-refractivity contribution in [2.75, 3.05) is 5.32 Å². The fourth-order valence-corrected chi connectivity index (χ4v) is 2.21. The molecule has 3 nitrogen and oxygen atoms in total. The first-order valence-corrected chi connectivity index (χ1v) is 7.68. The summed E-state index contributed by atoms with van der Waals surface area (Å²) in [5.41, 5.74) is 2.74. The molecule has 0 bridgehead atoms. The first-order valence-electron chi connectivity index (χ1n) is 7.68. The molecule has 2 aromatic rings. The lowest BCUT2D eigenvalue weighted by Crippen LogP contribution is -2.24. The van der Waals surface area contributed by atoms with E-state index < -0.39 is 0 Å². The molecule has 2 aromatic carbocycles. The van der Waals surface area contributed by atoms with Gasteiger partial charge in [0.15, 0.2) is 0 Å². The van der Waals surface area contributed by atoms with Gasteiger partial charge in [0.2, 0.25) is 0 Å². The SMILES string of the molecule is CCC(C)c1ccccc1NC(=O)N/C=C/c1ccc(F)cc1. The number of urea groups is 1. The standard InChI is InChI=1S/C19H21FN2O/c1-3-14(2)17-6-4-5-7-18(17)22-19(23)21-13-12-15-8-10-16(20)11-9-15/h4-14H,3H2,1-2H3,(H2,21,22,23)/b13-12+. The number of benzene rings is 2. The minimum absolute atomic E-state index is 0.283. The fraction of sp³-hybridized carbons (Fsp3) is 0.211. The number of rotatable bonds is 5. The molecule has 0 fully saturated rings. The third-order valence-corrected chi connectivity index (χ3v) is 3.71. The van der Waals surface area contributed by atoms with E-state index in [1.54, 1.807) is 18.2 Å². The molecule has 0 radical (unpaired) electrons. The second kappa shape index (κ2) is 8.13. The molecule has 2 amide bonds. The average Bonchev–Trinajstić information content (AvgIpc) is 2.56. The Morgan fingerprint density at radius 2 is 1.87 bits per heavy atom. The summed E-state index contributed by atoms with van der Waals surface area (Å²) in [6, 6.07) is 13.5. The Balaban J connectivity index is 1.96. The van der Waals surface area contributed by atoms with Gasteiger partial charge in [0, 0.05) is 11.9 Å². The summed E-state index contributed by atoms with van der Waals surface area (Å²) in [6.45, 7) is 4.25. The van der Waals surface area contributed by atoms with Gasteiger partial charge >= 0.3 is 6.03 Å². The van der Waals surface area contributed by atoms with Crippen molar-refractivity contribution in [1.82, 2.24) is 5.32 Å². The van der Waals surface area contributed by atoms with Gasteiger partial charge in [-0.2, -0.15) is 0 Å². The highest BCUT2D eigenvalue weighted by Gasteiger charge is 2.10. The van der Waals surface area contributed by atoms with Crippen molar-refractivity contribution in [3.8, 4) is 0 Å². The second-order valence-electron chi connectivity index (χ2n) is 5.38. The summed E-state index contributed by atoms with van der Waals surface area (Å²) in [7, 11) is 0. The molecule has 4 heteroatoms. The van der Waals surface area contributed by atoms with Crippen LogP contribution in [0.2, 0.25) is 0 Å². The normalized spacial score (nSPS) is 12.1. The molecule has 1 unspecified atom stereocenters. The zero-order valence-electron chi connectivity index (χ0n) is 13.3. The molecule has 2 N–H and O–H groups in total. The summed E-state index contributed by atoms with van der Waals surface area (Å²) in [4.78, 5) is 12.0. The molecule has 0 spiro atoms. The van der Waals surface area contributed by atoms with Crippen LogP contribution in [0, 0.1) is 5.82 Å². The molecule has 1 atom stereocenters. The van der Waals surface area contributed by atoms with Crippen molar-refractivity contribution in [3.63, 3.8) is 0 Å². The van der Waals surface area contributed by atoms with Gasteiger partial charge in [-0.3, -0.25) is 0 Å². The largest absolute Gasteiger partial charge is 0.323 e. The number of nitrogens with one attached hydrogen (secondary N) is 2. The molecule has 23 heavy (non-hydrogen) atoms. The molecule has 2 rings (SSSR count). The van der Waals surface area contributed by atoms with Crippen LogP contribution in [0.3, 0.4) is 0 Å². The summed E-state index contributed by atoms with van der Waals surface area (Å²) in [6.07, 6.45) is 4.25. The fourth-order valence-electron chi connectivity index (χ4n) is 2.21. The van der Waals surface area contributed by atoms with Crippen LogP contribution in [0.5, 0.6) is 0 Å². The zero-order valence-corrected chi connectivity index (χ0v) is 13.3. The zero-order chi connectivity index (χ0) is 16.7. The first-order chi connectivity index (χ1) is 11.1. The van der Waals surface area contributed by atoms with E-state index in [1.165, 1.54) is 18.3 Å². The Bertz CT molecular complexity index is 680. The number of amides is 2. The number of hydrogen-bond donors (Lipinski definition) is 2. The van der Waals surface area contributed by atoms with Crippen LogP contribution in [-0.4, -0.2) is 6.03 Å². The van der Waals surface area contributed by atoms with E-state index in [1.807, 2.05) is 24.3 Å². The third-order valence-electron chi connectivity index (χ3n) is 3.71. The predicted molar refractivity (Wildman–Crippen MR) is 92.7 cm³/mol. The molecule has 120 valence electrons. The summed E-state index contributed by atoms with van der Waals surface area (Å²) in [5.74, 6) is 0.0933. The number of halogens is 1. The maximum Gasteiger partial charge on any atom is 0.323 e. The van der Waals surface area contributed by atoms with E-state index in [4.69, 9.17) is 0 Å². The highest BCUT2D eigenvalue weighted by molar-refractivity contribution is 5.91. The van der Waals surface area contributed by atoms with Gasteiger partial charge < -0.3 is 10.6 Å².